The van der Waals surface area contributed by atoms with Crippen molar-refractivity contribution in [1.29, 1.82) is 0 Å². The summed E-state index contributed by atoms with van der Waals surface area (Å²) in [6, 6.07) is 5.70. The van der Waals surface area contributed by atoms with Crippen molar-refractivity contribution in [3.63, 3.8) is 0 Å². The number of hydrogen-bond acceptors (Lipinski definition) is 4. The van der Waals surface area contributed by atoms with Crippen LogP contribution in [0.1, 0.15) is 32.3 Å². The van der Waals surface area contributed by atoms with E-state index in [1.807, 2.05) is 18.2 Å². The van der Waals surface area contributed by atoms with Crippen molar-refractivity contribution in [3.05, 3.63) is 36.0 Å². The van der Waals surface area contributed by atoms with Crippen molar-refractivity contribution in [1.82, 2.24) is 5.16 Å². The number of anilines is 1. The Morgan fingerprint density at radius 1 is 1.38 bits per heavy atom. The van der Waals surface area contributed by atoms with Gasteiger partial charge in [0.25, 0.3) is 0 Å². The number of aromatic nitrogens is 1. The first kappa shape index (κ1) is 10.8. The topological polar surface area (TPSA) is 51.2 Å². The van der Waals surface area contributed by atoms with Crippen molar-refractivity contribution in [2.45, 2.75) is 32.7 Å². The Hall–Kier alpha value is -1.71. The molecule has 4 heteroatoms. The van der Waals surface area contributed by atoms with Gasteiger partial charge in [-0.3, -0.25) is 0 Å². The van der Waals surface area contributed by atoms with Gasteiger partial charge in [0, 0.05) is 11.5 Å². The molecule has 2 aromatic rings. The Labute approximate surface area is 94.6 Å². The highest BCUT2D eigenvalue weighted by atomic mass is 16.5. The van der Waals surface area contributed by atoms with Crippen molar-refractivity contribution in [2.75, 3.05) is 5.32 Å². The quantitative estimate of drug-likeness (QED) is 0.863. The van der Waals surface area contributed by atoms with Crippen LogP contribution in [0.3, 0.4) is 0 Å². The fraction of sp³-hybridized carbons (Fsp3) is 0.417. The van der Waals surface area contributed by atoms with Crippen molar-refractivity contribution < 1.29 is 8.94 Å². The highest BCUT2D eigenvalue weighted by Crippen LogP contribution is 2.24. The van der Waals surface area contributed by atoms with Gasteiger partial charge in [0.1, 0.15) is 11.5 Å². The standard InChI is InChI=1S/C12H16N2O2/c1-12(2,3)10-7-11(14-16-10)13-8-9-5-4-6-15-9/h4-7H,8H2,1-3H3,(H,13,14). The van der Waals surface area contributed by atoms with Crippen LogP contribution in [-0.4, -0.2) is 5.16 Å². The third-order valence-electron chi connectivity index (χ3n) is 2.27. The second kappa shape index (κ2) is 4.04. The van der Waals surface area contributed by atoms with Gasteiger partial charge in [0.2, 0.25) is 0 Å². The molecule has 0 aliphatic heterocycles. The van der Waals surface area contributed by atoms with Gasteiger partial charge in [0.05, 0.1) is 12.8 Å². The molecular weight excluding hydrogens is 204 g/mol. The first-order valence-electron chi connectivity index (χ1n) is 5.29. The van der Waals surface area contributed by atoms with Gasteiger partial charge < -0.3 is 14.3 Å². The molecule has 0 bridgehead atoms. The molecule has 0 amide bonds. The minimum Gasteiger partial charge on any atom is -0.467 e. The largest absolute Gasteiger partial charge is 0.467 e. The minimum atomic E-state index is -0.0163. The lowest BCUT2D eigenvalue weighted by Gasteiger charge is -2.11. The van der Waals surface area contributed by atoms with E-state index < -0.39 is 0 Å². The van der Waals surface area contributed by atoms with E-state index in [1.54, 1.807) is 6.26 Å². The normalized spacial score (nSPS) is 11.7. The molecule has 2 rings (SSSR count). The number of nitrogens with one attached hydrogen (secondary N) is 1. The van der Waals surface area contributed by atoms with E-state index in [2.05, 4.69) is 31.2 Å². The summed E-state index contributed by atoms with van der Waals surface area (Å²) in [5.74, 6) is 2.48. The SMILES string of the molecule is CC(C)(C)c1cc(NCc2ccco2)no1. The summed E-state index contributed by atoms with van der Waals surface area (Å²) in [6.45, 7) is 6.88. The summed E-state index contributed by atoms with van der Waals surface area (Å²) in [6.07, 6.45) is 1.65. The lowest BCUT2D eigenvalue weighted by Crippen LogP contribution is -2.09. The third kappa shape index (κ3) is 2.45. The number of rotatable bonds is 3. The average molecular weight is 220 g/mol. The van der Waals surface area contributed by atoms with E-state index in [-0.39, 0.29) is 5.41 Å². The van der Waals surface area contributed by atoms with E-state index in [0.717, 1.165) is 17.3 Å². The Bertz CT molecular complexity index is 438. The summed E-state index contributed by atoms with van der Waals surface area (Å²) in [7, 11) is 0. The van der Waals surface area contributed by atoms with Crippen LogP contribution in [0.5, 0.6) is 0 Å². The summed E-state index contributed by atoms with van der Waals surface area (Å²) in [5, 5.41) is 7.10. The van der Waals surface area contributed by atoms with Crippen LogP contribution in [0, 0.1) is 0 Å². The summed E-state index contributed by atoms with van der Waals surface area (Å²) in [5.41, 5.74) is -0.0163. The molecule has 86 valence electrons. The van der Waals surface area contributed by atoms with Crippen LogP contribution in [0.4, 0.5) is 5.82 Å². The highest BCUT2D eigenvalue weighted by Gasteiger charge is 2.19. The van der Waals surface area contributed by atoms with Gasteiger partial charge in [0.15, 0.2) is 5.82 Å². The smallest absolute Gasteiger partial charge is 0.170 e. The second-order valence-corrected chi connectivity index (χ2v) is 4.76. The molecule has 0 fully saturated rings. The number of furan rings is 1. The van der Waals surface area contributed by atoms with Crippen LogP contribution in [-0.2, 0) is 12.0 Å². The molecule has 0 aliphatic rings. The van der Waals surface area contributed by atoms with E-state index >= 15 is 0 Å². The highest BCUT2D eigenvalue weighted by molar-refractivity contribution is 5.35. The van der Waals surface area contributed by atoms with Crippen LogP contribution in [0.25, 0.3) is 0 Å². The van der Waals surface area contributed by atoms with E-state index in [4.69, 9.17) is 8.94 Å². The van der Waals surface area contributed by atoms with Crippen LogP contribution < -0.4 is 5.32 Å². The van der Waals surface area contributed by atoms with Gasteiger partial charge in [-0.05, 0) is 12.1 Å². The monoisotopic (exact) mass is 220 g/mol. The zero-order valence-corrected chi connectivity index (χ0v) is 9.78. The molecule has 0 saturated carbocycles. The predicted molar refractivity (Wildman–Crippen MR) is 61.2 cm³/mol. The van der Waals surface area contributed by atoms with Crippen molar-refractivity contribution in [2.24, 2.45) is 0 Å². The third-order valence-corrected chi connectivity index (χ3v) is 2.27. The Kier molecular flexibility index (Phi) is 2.73. The van der Waals surface area contributed by atoms with Gasteiger partial charge in [-0.2, -0.15) is 0 Å². The Morgan fingerprint density at radius 3 is 2.75 bits per heavy atom. The maximum atomic E-state index is 5.26. The lowest BCUT2D eigenvalue weighted by atomic mass is 9.93. The van der Waals surface area contributed by atoms with Gasteiger partial charge >= 0.3 is 0 Å². The summed E-state index contributed by atoms with van der Waals surface area (Å²) < 4.78 is 10.5. The Morgan fingerprint density at radius 2 is 2.19 bits per heavy atom. The van der Waals surface area contributed by atoms with Gasteiger partial charge in [-0.1, -0.05) is 25.9 Å². The molecule has 4 nitrogen and oxygen atoms in total. The predicted octanol–water partition coefficient (Wildman–Crippen LogP) is 3.18. The van der Waals surface area contributed by atoms with E-state index in [9.17, 15) is 0 Å². The molecule has 16 heavy (non-hydrogen) atoms. The van der Waals surface area contributed by atoms with Gasteiger partial charge in [-0.25, -0.2) is 0 Å². The molecule has 2 heterocycles. The zero-order chi connectivity index (χ0) is 11.6. The molecule has 0 radical (unpaired) electrons. The second-order valence-electron chi connectivity index (χ2n) is 4.76. The minimum absolute atomic E-state index is 0.0163. The zero-order valence-electron chi connectivity index (χ0n) is 9.78. The van der Waals surface area contributed by atoms with Gasteiger partial charge in [-0.15, -0.1) is 0 Å². The lowest BCUT2D eigenvalue weighted by molar-refractivity contribution is 0.330. The van der Waals surface area contributed by atoms with Crippen molar-refractivity contribution in [3.8, 4) is 0 Å². The number of hydrogen-bond donors (Lipinski definition) is 1. The summed E-state index contributed by atoms with van der Waals surface area (Å²) in [4.78, 5) is 0. The van der Waals surface area contributed by atoms with E-state index in [1.165, 1.54) is 0 Å². The number of nitrogens with zero attached hydrogens (tertiary/aromatic N) is 1. The molecule has 0 aromatic carbocycles. The molecule has 0 unspecified atom stereocenters. The summed E-state index contributed by atoms with van der Waals surface area (Å²) >= 11 is 0. The first-order valence-corrected chi connectivity index (χ1v) is 5.29. The maximum Gasteiger partial charge on any atom is 0.170 e. The van der Waals surface area contributed by atoms with Crippen molar-refractivity contribution >= 4 is 5.82 Å². The molecular formula is C12H16N2O2. The van der Waals surface area contributed by atoms with Crippen LogP contribution >= 0.6 is 0 Å². The Balaban J connectivity index is 1.98. The fourth-order valence-electron chi connectivity index (χ4n) is 1.30. The molecule has 0 spiro atoms. The fourth-order valence-corrected chi connectivity index (χ4v) is 1.30. The van der Waals surface area contributed by atoms with Crippen LogP contribution in [0.15, 0.2) is 33.4 Å². The molecule has 2 aromatic heterocycles. The van der Waals surface area contributed by atoms with E-state index in [0.29, 0.717) is 6.54 Å². The molecule has 0 saturated heterocycles. The maximum absolute atomic E-state index is 5.26. The van der Waals surface area contributed by atoms with Crippen LogP contribution in [0.2, 0.25) is 0 Å². The molecule has 0 aliphatic carbocycles. The molecule has 0 atom stereocenters. The molecule has 1 N–H and O–H groups in total. The first-order chi connectivity index (χ1) is 7.55. The average Bonchev–Trinajstić information content (AvgIpc) is 2.85.